The minimum atomic E-state index is -0.376. The summed E-state index contributed by atoms with van der Waals surface area (Å²) in [4.78, 5) is 19.5. The van der Waals surface area contributed by atoms with Crippen LogP contribution in [0.4, 0.5) is 0 Å². The molecular formula is C24H31N3O2. The monoisotopic (exact) mass is 393 g/mol. The standard InChI is InChI=1S/C24H31N3O2/c1-17(2)14-21(28)26-12-10-24(11-13-26)23-22(19-8-3-4-9-20(19)29-24)25-16-27(23)15-18-6-5-7-18/h3-4,8-9,16-18H,5-7,10-15H2,1-2H3. The number of fused-ring (bicyclic) bond motifs is 4. The number of benzene rings is 1. The quantitative estimate of drug-likeness (QED) is 0.762. The van der Waals surface area contributed by atoms with Gasteiger partial charge in [-0.3, -0.25) is 4.79 Å². The lowest BCUT2D eigenvalue weighted by molar-refractivity contribution is -0.136. The van der Waals surface area contributed by atoms with Crippen LogP contribution in [0.3, 0.4) is 0 Å². The molecule has 2 aromatic rings. The van der Waals surface area contributed by atoms with E-state index in [4.69, 9.17) is 9.72 Å². The molecular weight excluding hydrogens is 362 g/mol. The minimum Gasteiger partial charge on any atom is -0.480 e. The Hall–Kier alpha value is -2.30. The van der Waals surface area contributed by atoms with E-state index in [1.807, 2.05) is 17.3 Å². The molecule has 5 rings (SSSR count). The summed E-state index contributed by atoms with van der Waals surface area (Å²) in [5, 5.41) is 0. The van der Waals surface area contributed by atoms with Gasteiger partial charge < -0.3 is 14.2 Å². The number of carbonyl (C=O) groups is 1. The fourth-order valence-corrected chi connectivity index (χ4v) is 5.09. The molecule has 5 heteroatoms. The molecule has 3 aliphatic rings. The number of imidazole rings is 1. The molecule has 1 aromatic heterocycles. The molecule has 0 radical (unpaired) electrons. The fraction of sp³-hybridized carbons (Fsp3) is 0.583. The third-order valence-corrected chi connectivity index (χ3v) is 6.90. The highest BCUT2D eigenvalue weighted by Crippen LogP contribution is 2.49. The van der Waals surface area contributed by atoms with Crippen molar-refractivity contribution in [1.82, 2.24) is 14.5 Å². The van der Waals surface area contributed by atoms with E-state index in [2.05, 4.69) is 36.6 Å². The minimum absolute atomic E-state index is 0.272. The Balaban J connectivity index is 1.47. The van der Waals surface area contributed by atoms with Gasteiger partial charge in [-0.25, -0.2) is 4.98 Å². The van der Waals surface area contributed by atoms with Crippen LogP contribution in [0.1, 0.15) is 58.1 Å². The first-order valence-electron chi connectivity index (χ1n) is 11.2. The number of rotatable bonds is 4. The summed E-state index contributed by atoms with van der Waals surface area (Å²) in [5.74, 6) is 2.35. The summed E-state index contributed by atoms with van der Waals surface area (Å²) < 4.78 is 9.09. The largest absolute Gasteiger partial charge is 0.480 e. The van der Waals surface area contributed by atoms with Gasteiger partial charge in [-0.1, -0.05) is 32.4 Å². The zero-order valence-corrected chi connectivity index (χ0v) is 17.6. The highest BCUT2D eigenvalue weighted by Gasteiger charge is 2.47. The van der Waals surface area contributed by atoms with Crippen LogP contribution in [0.15, 0.2) is 30.6 Å². The number of para-hydroxylation sites is 1. The molecule has 1 aliphatic carbocycles. The second-order valence-corrected chi connectivity index (χ2v) is 9.46. The summed E-state index contributed by atoms with van der Waals surface area (Å²) >= 11 is 0. The van der Waals surface area contributed by atoms with Crippen molar-refractivity contribution in [2.45, 2.75) is 64.5 Å². The molecule has 3 heterocycles. The molecule has 1 saturated carbocycles. The average molecular weight is 394 g/mol. The predicted molar refractivity (Wildman–Crippen MR) is 113 cm³/mol. The van der Waals surface area contributed by atoms with E-state index in [1.165, 1.54) is 25.0 Å². The van der Waals surface area contributed by atoms with Crippen molar-refractivity contribution in [3.8, 4) is 17.0 Å². The smallest absolute Gasteiger partial charge is 0.222 e. The highest BCUT2D eigenvalue weighted by atomic mass is 16.5. The van der Waals surface area contributed by atoms with Crippen molar-refractivity contribution >= 4 is 5.91 Å². The normalized spacial score (nSPS) is 20.2. The molecule has 2 fully saturated rings. The number of likely N-dealkylation sites (tertiary alicyclic amines) is 1. The second kappa shape index (κ2) is 7.19. The molecule has 1 amide bonds. The Bertz CT molecular complexity index is 905. The van der Waals surface area contributed by atoms with Crippen LogP contribution in [-0.2, 0) is 16.9 Å². The summed E-state index contributed by atoms with van der Waals surface area (Å²) in [6.45, 7) is 6.75. The maximum absolute atomic E-state index is 12.6. The average Bonchev–Trinajstić information content (AvgIpc) is 3.10. The van der Waals surface area contributed by atoms with Crippen molar-refractivity contribution in [2.24, 2.45) is 11.8 Å². The van der Waals surface area contributed by atoms with E-state index in [0.717, 1.165) is 55.4 Å². The van der Waals surface area contributed by atoms with E-state index in [0.29, 0.717) is 12.3 Å². The number of amides is 1. The van der Waals surface area contributed by atoms with E-state index in [9.17, 15) is 4.79 Å². The van der Waals surface area contributed by atoms with Gasteiger partial charge in [-0.2, -0.15) is 0 Å². The Morgan fingerprint density at radius 1 is 1.24 bits per heavy atom. The zero-order valence-electron chi connectivity index (χ0n) is 17.6. The van der Waals surface area contributed by atoms with E-state index < -0.39 is 0 Å². The van der Waals surface area contributed by atoms with Crippen LogP contribution in [0.25, 0.3) is 11.3 Å². The SMILES string of the molecule is CC(C)CC(=O)N1CCC2(CC1)Oc1ccccc1-c1ncn(CC3CCC3)c12. The van der Waals surface area contributed by atoms with Crippen LogP contribution in [0.2, 0.25) is 0 Å². The number of piperidine rings is 1. The highest BCUT2D eigenvalue weighted by molar-refractivity contribution is 5.77. The first-order chi connectivity index (χ1) is 14.1. The lowest BCUT2D eigenvalue weighted by atomic mass is 9.81. The Morgan fingerprint density at radius 2 is 2.00 bits per heavy atom. The number of hydrogen-bond donors (Lipinski definition) is 0. The third kappa shape index (κ3) is 3.24. The van der Waals surface area contributed by atoms with Crippen LogP contribution in [0, 0.1) is 11.8 Å². The summed E-state index contributed by atoms with van der Waals surface area (Å²) in [5.41, 5.74) is 3.03. The van der Waals surface area contributed by atoms with Crippen molar-refractivity contribution < 1.29 is 9.53 Å². The number of hydrogen-bond acceptors (Lipinski definition) is 3. The van der Waals surface area contributed by atoms with Crippen LogP contribution < -0.4 is 4.74 Å². The molecule has 29 heavy (non-hydrogen) atoms. The van der Waals surface area contributed by atoms with Crippen LogP contribution in [0.5, 0.6) is 5.75 Å². The third-order valence-electron chi connectivity index (χ3n) is 6.90. The molecule has 1 saturated heterocycles. The number of ether oxygens (including phenoxy) is 1. The van der Waals surface area contributed by atoms with Gasteiger partial charge in [-0.05, 0) is 36.8 Å². The first kappa shape index (κ1) is 18.7. The van der Waals surface area contributed by atoms with E-state index in [-0.39, 0.29) is 11.5 Å². The van der Waals surface area contributed by atoms with Gasteiger partial charge in [0.05, 0.1) is 17.7 Å². The van der Waals surface area contributed by atoms with Crippen LogP contribution >= 0.6 is 0 Å². The Morgan fingerprint density at radius 3 is 2.69 bits per heavy atom. The summed E-state index contributed by atoms with van der Waals surface area (Å²) in [6.07, 6.45) is 8.28. The Kier molecular flexibility index (Phi) is 4.64. The summed E-state index contributed by atoms with van der Waals surface area (Å²) in [7, 11) is 0. The van der Waals surface area contributed by atoms with Gasteiger partial charge in [-0.15, -0.1) is 0 Å². The molecule has 1 aromatic carbocycles. The van der Waals surface area contributed by atoms with Gasteiger partial charge in [0.1, 0.15) is 5.75 Å². The van der Waals surface area contributed by atoms with Crippen molar-refractivity contribution in [3.63, 3.8) is 0 Å². The number of nitrogens with zero attached hydrogens (tertiary/aromatic N) is 3. The molecule has 1 spiro atoms. The van der Waals surface area contributed by atoms with Crippen molar-refractivity contribution in [1.29, 1.82) is 0 Å². The maximum Gasteiger partial charge on any atom is 0.222 e. The van der Waals surface area contributed by atoms with Gasteiger partial charge in [0, 0.05) is 44.5 Å². The lowest BCUT2D eigenvalue weighted by Gasteiger charge is -2.45. The molecule has 0 N–H and O–H groups in total. The zero-order chi connectivity index (χ0) is 20.0. The van der Waals surface area contributed by atoms with Gasteiger partial charge in [0.15, 0.2) is 5.60 Å². The topological polar surface area (TPSA) is 47.4 Å². The molecule has 0 bridgehead atoms. The van der Waals surface area contributed by atoms with Gasteiger partial charge in [0.2, 0.25) is 5.91 Å². The van der Waals surface area contributed by atoms with E-state index in [1.54, 1.807) is 0 Å². The lowest BCUT2D eigenvalue weighted by Crippen LogP contribution is -2.50. The van der Waals surface area contributed by atoms with E-state index >= 15 is 0 Å². The first-order valence-corrected chi connectivity index (χ1v) is 11.2. The summed E-state index contributed by atoms with van der Waals surface area (Å²) in [6, 6.07) is 8.26. The van der Waals surface area contributed by atoms with Crippen molar-refractivity contribution in [2.75, 3.05) is 13.1 Å². The van der Waals surface area contributed by atoms with Crippen LogP contribution in [-0.4, -0.2) is 33.4 Å². The predicted octanol–water partition coefficient (Wildman–Crippen LogP) is 4.61. The fourth-order valence-electron chi connectivity index (χ4n) is 5.09. The van der Waals surface area contributed by atoms with Gasteiger partial charge in [0.25, 0.3) is 0 Å². The number of aromatic nitrogens is 2. The molecule has 2 aliphatic heterocycles. The molecule has 0 unspecified atom stereocenters. The maximum atomic E-state index is 12.6. The molecule has 154 valence electrons. The second-order valence-electron chi connectivity index (χ2n) is 9.46. The van der Waals surface area contributed by atoms with Gasteiger partial charge >= 0.3 is 0 Å². The Labute approximate surface area is 173 Å². The molecule has 0 atom stereocenters. The number of carbonyl (C=O) groups excluding carboxylic acids is 1. The van der Waals surface area contributed by atoms with Crippen molar-refractivity contribution in [3.05, 3.63) is 36.3 Å². The molecule has 5 nitrogen and oxygen atoms in total.